The average molecular weight is 313 g/mol. The van der Waals surface area contributed by atoms with E-state index in [-0.39, 0.29) is 11.4 Å². The van der Waals surface area contributed by atoms with Crippen LogP contribution in [-0.2, 0) is 30.0 Å². The van der Waals surface area contributed by atoms with Crippen LogP contribution in [0.25, 0.3) is 0 Å². The Morgan fingerprint density at radius 1 is 1.43 bits per heavy atom. The molecule has 10 heteroatoms. The molecule has 3 N–H and O–H groups in total. The van der Waals surface area contributed by atoms with Crippen LogP contribution >= 0.6 is 0 Å². The van der Waals surface area contributed by atoms with Crippen molar-refractivity contribution < 1.29 is 8.42 Å². The van der Waals surface area contributed by atoms with Gasteiger partial charge in [0.05, 0.1) is 11.4 Å². The number of aryl methyl sites for hydroxylation is 2. The van der Waals surface area contributed by atoms with Crippen molar-refractivity contribution in [3.63, 3.8) is 0 Å². The number of hydrogen-bond acceptors (Lipinski definition) is 6. The van der Waals surface area contributed by atoms with Crippen molar-refractivity contribution in [3.05, 3.63) is 23.5 Å². The summed E-state index contributed by atoms with van der Waals surface area (Å²) in [6.07, 6.45) is 2.01. The highest BCUT2D eigenvalue weighted by atomic mass is 32.2. The Bertz CT molecular complexity index is 704. The molecule has 0 unspecified atom stereocenters. The Balaban J connectivity index is 2.06. The fourth-order valence-corrected chi connectivity index (χ4v) is 3.37. The molecule has 21 heavy (non-hydrogen) atoms. The highest BCUT2D eigenvalue weighted by Crippen LogP contribution is 2.17. The SMILES string of the molecule is CNCc1n[nH]c(C)c1S(=O)(=O)NCCc1ncn(C)n1. The van der Waals surface area contributed by atoms with Crippen LogP contribution in [-0.4, -0.2) is 47.0 Å². The molecule has 2 aromatic heterocycles. The monoisotopic (exact) mass is 313 g/mol. The Morgan fingerprint density at radius 2 is 2.19 bits per heavy atom. The van der Waals surface area contributed by atoms with Gasteiger partial charge in [-0.1, -0.05) is 0 Å². The van der Waals surface area contributed by atoms with E-state index in [0.717, 1.165) is 0 Å². The third-order valence-electron chi connectivity index (χ3n) is 2.86. The number of nitrogens with zero attached hydrogens (tertiary/aromatic N) is 4. The minimum atomic E-state index is -3.61. The second kappa shape index (κ2) is 6.33. The molecule has 0 aliphatic heterocycles. The second-order valence-corrected chi connectivity index (χ2v) is 6.34. The molecule has 0 saturated heterocycles. The van der Waals surface area contributed by atoms with Gasteiger partial charge in [0, 0.05) is 26.6 Å². The smallest absolute Gasteiger partial charge is 0.244 e. The molecule has 0 fully saturated rings. The van der Waals surface area contributed by atoms with Gasteiger partial charge in [-0.3, -0.25) is 9.78 Å². The molecule has 116 valence electrons. The van der Waals surface area contributed by atoms with E-state index in [4.69, 9.17) is 0 Å². The predicted molar refractivity (Wildman–Crippen MR) is 76.0 cm³/mol. The number of aromatic amines is 1. The lowest BCUT2D eigenvalue weighted by Crippen LogP contribution is -2.28. The summed E-state index contributed by atoms with van der Waals surface area (Å²) in [5.41, 5.74) is 0.988. The summed E-state index contributed by atoms with van der Waals surface area (Å²) in [6, 6.07) is 0. The highest BCUT2D eigenvalue weighted by molar-refractivity contribution is 7.89. The minimum absolute atomic E-state index is 0.200. The molecule has 0 atom stereocenters. The summed E-state index contributed by atoms with van der Waals surface area (Å²) in [4.78, 5) is 4.25. The Hall–Kier alpha value is -1.78. The summed E-state index contributed by atoms with van der Waals surface area (Å²) >= 11 is 0. The molecular weight excluding hydrogens is 294 g/mol. The van der Waals surface area contributed by atoms with Crippen LogP contribution in [0.3, 0.4) is 0 Å². The van der Waals surface area contributed by atoms with Gasteiger partial charge in [-0.15, -0.1) is 0 Å². The van der Waals surface area contributed by atoms with Gasteiger partial charge in [-0.2, -0.15) is 10.2 Å². The van der Waals surface area contributed by atoms with Crippen LogP contribution in [0.4, 0.5) is 0 Å². The van der Waals surface area contributed by atoms with Crippen LogP contribution in [0, 0.1) is 6.92 Å². The first kappa shape index (κ1) is 15.6. The van der Waals surface area contributed by atoms with Crippen molar-refractivity contribution in [3.8, 4) is 0 Å². The van der Waals surface area contributed by atoms with Crippen LogP contribution in [0.15, 0.2) is 11.2 Å². The molecule has 2 rings (SSSR count). The van der Waals surface area contributed by atoms with E-state index in [1.165, 1.54) is 0 Å². The molecule has 9 nitrogen and oxygen atoms in total. The molecule has 0 spiro atoms. The standard InChI is InChI=1S/C11H19N7O2S/c1-8-11(9(6-12-2)16-15-8)21(19,20)14-5-4-10-13-7-18(3)17-10/h7,12,14H,4-6H2,1-3H3,(H,15,16). The molecule has 0 aromatic carbocycles. The zero-order valence-corrected chi connectivity index (χ0v) is 13.0. The molecule has 0 bridgehead atoms. The topological polar surface area (TPSA) is 118 Å². The van der Waals surface area contributed by atoms with Gasteiger partial charge < -0.3 is 5.32 Å². The number of nitrogens with one attached hydrogen (secondary N) is 3. The van der Waals surface area contributed by atoms with Crippen LogP contribution in [0.1, 0.15) is 17.2 Å². The molecule has 0 saturated carbocycles. The van der Waals surface area contributed by atoms with Crippen molar-refractivity contribution in [2.75, 3.05) is 13.6 Å². The van der Waals surface area contributed by atoms with E-state index >= 15 is 0 Å². The molecule has 0 aliphatic carbocycles. The first-order valence-electron chi connectivity index (χ1n) is 6.46. The lowest BCUT2D eigenvalue weighted by Gasteiger charge is -2.07. The van der Waals surface area contributed by atoms with E-state index in [1.54, 1.807) is 32.0 Å². The quantitative estimate of drug-likeness (QED) is 0.609. The van der Waals surface area contributed by atoms with Crippen LogP contribution in [0.5, 0.6) is 0 Å². The van der Waals surface area contributed by atoms with Gasteiger partial charge in [0.1, 0.15) is 11.2 Å². The van der Waals surface area contributed by atoms with Crippen molar-refractivity contribution >= 4 is 10.0 Å². The predicted octanol–water partition coefficient (Wildman–Crippen LogP) is -0.913. The van der Waals surface area contributed by atoms with Crippen molar-refractivity contribution in [1.29, 1.82) is 0 Å². The summed E-state index contributed by atoms with van der Waals surface area (Å²) < 4.78 is 28.9. The van der Waals surface area contributed by atoms with Crippen LogP contribution < -0.4 is 10.0 Å². The van der Waals surface area contributed by atoms with Gasteiger partial charge in [-0.25, -0.2) is 18.1 Å². The van der Waals surface area contributed by atoms with Gasteiger partial charge in [-0.05, 0) is 14.0 Å². The van der Waals surface area contributed by atoms with E-state index in [1.807, 2.05) is 0 Å². The minimum Gasteiger partial charge on any atom is -0.314 e. The molecule has 2 heterocycles. The number of sulfonamides is 1. The highest BCUT2D eigenvalue weighted by Gasteiger charge is 2.23. The summed E-state index contributed by atoms with van der Waals surface area (Å²) in [5.74, 6) is 0.597. The van der Waals surface area contributed by atoms with Crippen molar-refractivity contribution in [1.82, 2.24) is 35.0 Å². The largest absolute Gasteiger partial charge is 0.314 e. The van der Waals surface area contributed by atoms with Gasteiger partial charge in [0.2, 0.25) is 10.0 Å². The van der Waals surface area contributed by atoms with E-state index < -0.39 is 10.0 Å². The number of aromatic nitrogens is 5. The third-order valence-corrected chi connectivity index (χ3v) is 4.53. The summed E-state index contributed by atoms with van der Waals surface area (Å²) in [6.45, 7) is 2.29. The van der Waals surface area contributed by atoms with E-state index in [9.17, 15) is 8.42 Å². The molecule has 2 aromatic rings. The summed E-state index contributed by atoms with van der Waals surface area (Å²) in [5, 5.41) is 13.7. The van der Waals surface area contributed by atoms with E-state index in [2.05, 4.69) is 30.3 Å². The normalized spacial score (nSPS) is 12.0. The fraction of sp³-hybridized carbons (Fsp3) is 0.545. The zero-order chi connectivity index (χ0) is 15.5. The first-order chi connectivity index (χ1) is 9.94. The second-order valence-electron chi connectivity index (χ2n) is 4.64. The van der Waals surface area contributed by atoms with Gasteiger partial charge in [0.25, 0.3) is 0 Å². The maximum absolute atomic E-state index is 12.4. The number of rotatable bonds is 7. The average Bonchev–Trinajstić information content (AvgIpc) is 2.97. The maximum atomic E-state index is 12.4. The lowest BCUT2D eigenvalue weighted by atomic mass is 10.4. The lowest BCUT2D eigenvalue weighted by molar-refractivity contribution is 0.578. The van der Waals surface area contributed by atoms with Crippen LogP contribution in [0.2, 0.25) is 0 Å². The van der Waals surface area contributed by atoms with Crippen molar-refractivity contribution in [2.45, 2.75) is 24.8 Å². The Kier molecular flexibility index (Phi) is 4.70. The Morgan fingerprint density at radius 3 is 2.81 bits per heavy atom. The maximum Gasteiger partial charge on any atom is 0.244 e. The number of hydrogen-bond donors (Lipinski definition) is 3. The first-order valence-corrected chi connectivity index (χ1v) is 7.95. The Labute approximate surface area is 123 Å². The molecular formula is C11H19N7O2S. The van der Waals surface area contributed by atoms with Crippen molar-refractivity contribution in [2.24, 2.45) is 7.05 Å². The van der Waals surface area contributed by atoms with Gasteiger partial charge >= 0.3 is 0 Å². The third kappa shape index (κ3) is 3.65. The van der Waals surface area contributed by atoms with Gasteiger partial charge in [0.15, 0.2) is 5.82 Å². The summed E-state index contributed by atoms with van der Waals surface area (Å²) in [7, 11) is -0.110. The van der Waals surface area contributed by atoms with E-state index in [0.29, 0.717) is 30.2 Å². The zero-order valence-electron chi connectivity index (χ0n) is 12.2. The molecule has 0 radical (unpaired) electrons. The molecule has 0 aliphatic rings. The fourth-order valence-electron chi connectivity index (χ4n) is 1.98. The molecule has 0 amide bonds. The number of H-pyrrole nitrogens is 1.